The van der Waals surface area contributed by atoms with E-state index in [1.165, 1.54) is 7.11 Å². The third kappa shape index (κ3) is 2.80. The van der Waals surface area contributed by atoms with Crippen molar-refractivity contribution in [2.45, 2.75) is 6.92 Å². The molecule has 6 nitrogen and oxygen atoms in total. The van der Waals surface area contributed by atoms with E-state index in [0.29, 0.717) is 16.7 Å². The first kappa shape index (κ1) is 14.1. The van der Waals surface area contributed by atoms with Crippen molar-refractivity contribution in [1.82, 2.24) is 0 Å². The van der Waals surface area contributed by atoms with Gasteiger partial charge in [-0.3, -0.25) is 4.79 Å². The molecule has 0 saturated heterocycles. The zero-order valence-electron chi connectivity index (χ0n) is 11.3. The lowest BCUT2D eigenvalue weighted by atomic mass is 10.1. The lowest BCUT2D eigenvalue weighted by Crippen LogP contribution is -2.26. The van der Waals surface area contributed by atoms with Crippen LogP contribution in [0.1, 0.15) is 17.5 Å². The van der Waals surface area contributed by atoms with Crippen molar-refractivity contribution in [1.29, 1.82) is 0 Å². The minimum atomic E-state index is -0.538. The Kier molecular flexibility index (Phi) is 4.05. The van der Waals surface area contributed by atoms with Crippen LogP contribution in [0.25, 0.3) is 11.0 Å². The summed E-state index contributed by atoms with van der Waals surface area (Å²) in [4.78, 5) is 23.1. The number of methoxy groups -OCH3 is 1. The molecular formula is C14H16N2O4. The number of nitrogens with one attached hydrogen (secondary N) is 1. The molecular weight excluding hydrogens is 260 g/mol. The van der Waals surface area contributed by atoms with Gasteiger partial charge in [0.25, 0.3) is 0 Å². The first-order valence-corrected chi connectivity index (χ1v) is 6.18. The molecule has 2 aromatic rings. The van der Waals surface area contributed by atoms with Crippen LogP contribution < -0.4 is 11.1 Å². The molecule has 1 atom stereocenters. The molecule has 0 bridgehead atoms. The predicted octanol–water partition coefficient (Wildman–Crippen LogP) is 1.75. The van der Waals surface area contributed by atoms with Gasteiger partial charge in [0.1, 0.15) is 5.58 Å². The Hall–Kier alpha value is -2.34. The van der Waals surface area contributed by atoms with Crippen LogP contribution in [0, 0.1) is 5.92 Å². The zero-order valence-corrected chi connectivity index (χ0v) is 11.3. The Bertz CT molecular complexity index is 648. The molecule has 1 amide bonds. The number of benzene rings is 1. The lowest BCUT2D eigenvalue weighted by molar-refractivity contribution is -0.119. The van der Waals surface area contributed by atoms with Crippen molar-refractivity contribution in [2.24, 2.45) is 11.7 Å². The average molecular weight is 276 g/mol. The third-order valence-corrected chi connectivity index (χ3v) is 2.97. The van der Waals surface area contributed by atoms with Crippen LogP contribution in [0.5, 0.6) is 0 Å². The predicted molar refractivity (Wildman–Crippen MR) is 74.4 cm³/mol. The molecule has 0 spiro atoms. The fourth-order valence-electron chi connectivity index (χ4n) is 1.69. The number of carbonyl (C=O) groups is 2. The molecule has 1 aromatic carbocycles. The van der Waals surface area contributed by atoms with E-state index >= 15 is 0 Å². The van der Waals surface area contributed by atoms with Gasteiger partial charge in [-0.25, -0.2) is 4.79 Å². The van der Waals surface area contributed by atoms with E-state index in [1.807, 2.05) is 0 Å². The summed E-state index contributed by atoms with van der Waals surface area (Å²) in [5.74, 6) is -0.825. The highest BCUT2D eigenvalue weighted by Gasteiger charge is 2.14. The number of rotatable bonds is 4. The SMILES string of the molecule is COC(=O)c1cc2cc(NC(=O)C(C)CN)ccc2o1. The Morgan fingerprint density at radius 3 is 2.80 bits per heavy atom. The second kappa shape index (κ2) is 5.75. The van der Waals surface area contributed by atoms with E-state index in [4.69, 9.17) is 10.2 Å². The number of esters is 1. The maximum Gasteiger partial charge on any atom is 0.373 e. The Morgan fingerprint density at radius 2 is 2.15 bits per heavy atom. The minimum Gasteiger partial charge on any atom is -0.463 e. The number of anilines is 1. The van der Waals surface area contributed by atoms with Crippen LogP contribution in [-0.4, -0.2) is 25.5 Å². The molecule has 0 radical (unpaired) electrons. The van der Waals surface area contributed by atoms with E-state index in [9.17, 15) is 9.59 Å². The maximum atomic E-state index is 11.8. The van der Waals surface area contributed by atoms with Crippen molar-refractivity contribution in [3.05, 3.63) is 30.0 Å². The Balaban J connectivity index is 2.25. The average Bonchev–Trinajstić information content (AvgIpc) is 2.88. The van der Waals surface area contributed by atoms with E-state index in [1.54, 1.807) is 31.2 Å². The molecule has 0 aliphatic rings. The van der Waals surface area contributed by atoms with Crippen molar-refractivity contribution < 1.29 is 18.7 Å². The second-order valence-corrected chi connectivity index (χ2v) is 4.48. The summed E-state index contributed by atoms with van der Waals surface area (Å²) in [6.45, 7) is 2.04. The number of hydrogen-bond donors (Lipinski definition) is 2. The highest BCUT2D eigenvalue weighted by molar-refractivity contribution is 5.97. The molecule has 0 aliphatic heterocycles. The molecule has 3 N–H and O–H groups in total. The van der Waals surface area contributed by atoms with E-state index < -0.39 is 5.97 Å². The third-order valence-electron chi connectivity index (χ3n) is 2.97. The molecule has 6 heteroatoms. The largest absolute Gasteiger partial charge is 0.463 e. The maximum absolute atomic E-state index is 11.8. The van der Waals surface area contributed by atoms with Crippen LogP contribution >= 0.6 is 0 Å². The molecule has 20 heavy (non-hydrogen) atoms. The van der Waals surface area contributed by atoms with Gasteiger partial charge in [-0.1, -0.05) is 6.92 Å². The van der Waals surface area contributed by atoms with E-state index in [0.717, 1.165) is 0 Å². The number of fused-ring (bicyclic) bond motifs is 1. The number of nitrogens with two attached hydrogens (primary N) is 1. The van der Waals surface area contributed by atoms with Crippen molar-refractivity contribution in [3.63, 3.8) is 0 Å². The number of furan rings is 1. The first-order valence-electron chi connectivity index (χ1n) is 6.18. The number of amides is 1. The van der Waals surface area contributed by atoms with Crippen LogP contribution in [0.4, 0.5) is 5.69 Å². The standard InChI is InChI=1S/C14H16N2O4/c1-8(7-15)13(17)16-10-3-4-11-9(5-10)6-12(20-11)14(18)19-2/h3-6,8H,7,15H2,1-2H3,(H,16,17). The highest BCUT2D eigenvalue weighted by Crippen LogP contribution is 2.23. The summed E-state index contributed by atoms with van der Waals surface area (Å²) in [5.41, 5.74) is 6.62. The second-order valence-electron chi connectivity index (χ2n) is 4.48. The van der Waals surface area contributed by atoms with Gasteiger partial charge in [0.2, 0.25) is 11.7 Å². The number of carbonyl (C=O) groups excluding carboxylic acids is 2. The van der Waals surface area contributed by atoms with Gasteiger partial charge >= 0.3 is 5.97 Å². The zero-order chi connectivity index (χ0) is 14.7. The van der Waals surface area contributed by atoms with Gasteiger partial charge in [0.05, 0.1) is 7.11 Å². The summed E-state index contributed by atoms with van der Waals surface area (Å²) in [5, 5.41) is 3.47. The van der Waals surface area contributed by atoms with Gasteiger partial charge in [-0.15, -0.1) is 0 Å². The van der Waals surface area contributed by atoms with Crippen molar-refractivity contribution in [3.8, 4) is 0 Å². The molecule has 0 fully saturated rings. The van der Waals surface area contributed by atoms with E-state index in [2.05, 4.69) is 10.1 Å². The first-order chi connectivity index (χ1) is 9.55. The van der Waals surface area contributed by atoms with Crippen molar-refractivity contribution in [2.75, 3.05) is 19.0 Å². The fourth-order valence-corrected chi connectivity index (χ4v) is 1.69. The minimum absolute atomic E-state index is 0.126. The Labute approximate surface area is 115 Å². The summed E-state index contributed by atoms with van der Waals surface area (Å²) in [7, 11) is 1.29. The molecule has 1 aromatic heterocycles. The Morgan fingerprint density at radius 1 is 1.40 bits per heavy atom. The molecule has 1 heterocycles. The van der Waals surface area contributed by atoms with Gasteiger partial charge in [0, 0.05) is 23.5 Å². The smallest absolute Gasteiger partial charge is 0.373 e. The summed E-state index contributed by atoms with van der Waals surface area (Å²) in [6, 6.07) is 6.69. The van der Waals surface area contributed by atoms with Gasteiger partial charge in [0.15, 0.2) is 0 Å². The molecule has 0 saturated carbocycles. The summed E-state index contributed by atoms with van der Waals surface area (Å²) < 4.78 is 9.93. The monoisotopic (exact) mass is 276 g/mol. The number of hydrogen-bond acceptors (Lipinski definition) is 5. The molecule has 1 unspecified atom stereocenters. The normalized spacial score (nSPS) is 12.2. The van der Waals surface area contributed by atoms with Gasteiger partial charge in [-0.05, 0) is 24.3 Å². The summed E-state index contributed by atoms with van der Waals surface area (Å²) in [6.07, 6.45) is 0. The number of ether oxygens (including phenoxy) is 1. The summed E-state index contributed by atoms with van der Waals surface area (Å²) >= 11 is 0. The fraction of sp³-hybridized carbons (Fsp3) is 0.286. The van der Waals surface area contributed by atoms with Gasteiger partial charge < -0.3 is 20.2 Å². The lowest BCUT2D eigenvalue weighted by Gasteiger charge is -2.09. The highest BCUT2D eigenvalue weighted by atomic mass is 16.5. The van der Waals surface area contributed by atoms with E-state index in [-0.39, 0.29) is 24.1 Å². The molecule has 0 aliphatic carbocycles. The van der Waals surface area contributed by atoms with Gasteiger partial charge in [-0.2, -0.15) is 0 Å². The van der Waals surface area contributed by atoms with Crippen LogP contribution in [0.3, 0.4) is 0 Å². The topological polar surface area (TPSA) is 94.6 Å². The van der Waals surface area contributed by atoms with Crippen LogP contribution in [0.15, 0.2) is 28.7 Å². The van der Waals surface area contributed by atoms with Crippen LogP contribution in [-0.2, 0) is 9.53 Å². The molecule has 106 valence electrons. The van der Waals surface area contributed by atoms with Crippen LogP contribution in [0.2, 0.25) is 0 Å². The van der Waals surface area contributed by atoms with Crippen molar-refractivity contribution >= 4 is 28.5 Å². The quantitative estimate of drug-likeness (QED) is 0.830. The molecule has 2 rings (SSSR count).